The van der Waals surface area contributed by atoms with Crippen molar-refractivity contribution in [2.24, 2.45) is 0 Å². The lowest BCUT2D eigenvalue weighted by Gasteiger charge is -2.09. The summed E-state index contributed by atoms with van der Waals surface area (Å²) in [4.78, 5) is 4.05. The van der Waals surface area contributed by atoms with Crippen molar-refractivity contribution >= 4 is 0 Å². The predicted octanol–water partition coefficient (Wildman–Crippen LogP) is 1.94. The zero-order valence-corrected chi connectivity index (χ0v) is 6.93. The van der Waals surface area contributed by atoms with Gasteiger partial charge < -0.3 is 4.74 Å². The predicted molar refractivity (Wildman–Crippen MR) is 45.1 cm³/mol. The third-order valence-corrected chi connectivity index (χ3v) is 1.41. The van der Waals surface area contributed by atoms with Crippen LogP contribution in [-0.2, 0) is 4.89 Å². The first-order chi connectivity index (χ1) is 5.83. The molecule has 0 saturated carbocycles. The number of para-hydroxylation sites is 1. The van der Waals surface area contributed by atoms with Crippen LogP contribution in [-0.4, -0.2) is 18.0 Å². The SMILES string of the molecule is CC(COc1ccccc1)OO. The second-order valence-electron chi connectivity index (χ2n) is 2.54. The molecule has 0 aliphatic heterocycles. The minimum absolute atomic E-state index is 0.301. The molecular formula is C9H12O3. The molecule has 0 saturated heterocycles. The topological polar surface area (TPSA) is 38.7 Å². The first-order valence-corrected chi connectivity index (χ1v) is 3.81. The van der Waals surface area contributed by atoms with Crippen molar-refractivity contribution in [3.8, 4) is 5.75 Å². The van der Waals surface area contributed by atoms with Gasteiger partial charge in [0.25, 0.3) is 0 Å². The molecule has 1 aromatic carbocycles. The normalized spacial score (nSPS) is 12.5. The molecule has 3 heteroatoms. The number of hydrogen-bond donors (Lipinski definition) is 1. The minimum atomic E-state index is -0.301. The highest BCUT2D eigenvalue weighted by atomic mass is 17.1. The molecule has 12 heavy (non-hydrogen) atoms. The van der Waals surface area contributed by atoms with E-state index in [1.165, 1.54) is 0 Å². The van der Waals surface area contributed by atoms with Crippen LogP contribution in [0.25, 0.3) is 0 Å². The van der Waals surface area contributed by atoms with E-state index in [0.717, 1.165) is 5.75 Å². The van der Waals surface area contributed by atoms with Crippen LogP contribution in [0.4, 0.5) is 0 Å². The van der Waals surface area contributed by atoms with E-state index in [1.807, 2.05) is 30.3 Å². The summed E-state index contributed by atoms with van der Waals surface area (Å²) in [6.07, 6.45) is -0.301. The van der Waals surface area contributed by atoms with Gasteiger partial charge in [0, 0.05) is 0 Å². The van der Waals surface area contributed by atoms with Crippen molar-refractivity contribution in [1.82, 2.24) is 0 Å². The molecule has 0 spiro atoms. The number of hydrogen-bond acceptors (Lipinski definition) is 3. The largest absolute Gasteiger partial charge is 0.491 e. The van der Waals surface area contributed by atoms with Crippen LogP contribution in [0.1, 0.15) is 6.92 Å². The van der Waals surface area contributed by atoms with Crippen LogP contribution in [0.15, 0.2) is 30.3 Å². The Morgan fingerprint density at radius 2 is 2.00 bits per heavy atom. The van der Waals surface area contributed by atoms with Gasteiger partial charge in [-0.25, -0.2) is 4.89 Å². The quantitative estimate of drug-likeness (QED) is 0.551. The van der Waals surface area contributed by atoms with Gasteiger partial charge in [-0.3, -0.25) is 5.26 Å². The number of ether oxygens (including phenoxy) is 1. The smallest absolute Gasteiger partial charge is 0.124 e. The first-order valence-electron chi connectivity index (χ1n) is 3.81. The van der Waals surface area contributed by atoms with Gasteiger partial charge >= 0.3 is 0 Å². The van der Waals surface area contributed by atoms with Gasteiger partial charge in [-0.1, -0.05) is 18.2 Å². The fourth-order valence-electron chi connectivity index (χ4n) is 0.761. The Morgan fingerprint density at radius 1 is 1.33 bits per heavy atom. The van der Waals surface area contributed by atoms with Gasteiger partial charge in [-0.15, -0.1) is 0 Å². The Balaban J connectivity index is 2.33. The Kier molecular flexibility index (Phi) is 3.57. The van der Waals surface area contributed by atoms with Crippen molar-refractivity contribution in [2.75, 3.05) is 6.61 Å². The summed E-state index contributed by atoms with van der Waals surface area (Å²) in [5.74, 6) is 0.779. The lowest BCUT2D eigenvalue weighted by molar-refractivity contribution is -0.278. The van der Waals surface area contributed by atoms with E-state index in [2.05, 4.69) is 4.89 Å². The maximum Gasteiger partial charge on any atom is 0.124 e. The van der Waals surface area contributed by atoms with Crippen molar-refractivity contribution in [1.29, 1.82) is 0 Å². The van der Waals surface area contributed by atoms with Gasteiger partial charge in [0.1, 0.15) is 18.5 Å². The van der Waals surface area contributed by atoms with Gasteiger partial charge in [0.15, 0.2) is 0 Å². The molecule has 1 unspecified atom stereocenters. The highest BCUT2D eigenvalue weighted by Crippen LogP contribution is 2.08. The summed E-state index contributed by atoms with van der Waals surface area (Å²) in [6, 6.07) is 9.40. The number of benzene rings is 1. The van der Waals surface area contributed by atoms with Crippen molar-refractivity contribution in [2.45, 2.75) is 13.0 Å². The average molecular weight is 168 g/mol. The van der Waals surface area contributed by atoms with Crippen molar-refractivity contribution < 1.29 is 14.9 Å². The van der Waals surface area contributed by atoms with E-state index < -0.39 is 0 Å². The van der Waals surface area contributed by atoms with Crippen LogP contribution in [0.2, 0.25) is 0 Å². The fraction of sp³-hybridized carbons (Fsp3) is 0.333. The van der Waals surface area contributed by atoms with E-state index in [-0.39, 0.29) is 6.10 Å². The molecule has 0 aliphatic carbocycles. The van der Waals surface area contributed by atoms with Crippen LogP contribution >= 0.6 is 0 Å². The van der Waals surface area contributed by atoms with E-state index in [1.54, 1.807) is 6.92 Å². The van der Waals surface area contributed by atoms with Gasteiger partial charge in [0.05, 0.1) is 0 Å². The maximum atomic E-state index is 8.23. The average Bonchev–Trinajstić information content (AvgIpc) is 2.16. The highest BCUT2D eigenvalue weighted by molar-refractivity contribution is 5.20. The molecule has 1 N–H and O–H groups in total. The summed E-state index contributed by atoms with van der Waals surface area (Å²) in [5, 5.41) is 8.23. The summed E-state index contributed by atoms with van der Waals surface area (Å²) < 4.78 is 5.27. The zero-order valence-electron chi connectivity index (χ0n) is 6.93. The number of rotatable bonds is 4. The molecule has 0 bridgehead atoms. The van der Waals surface area contributed by atoms with E-state index >= 15 is 0 Å². The molecule has 66 valence electrons. The Labute approximate surface area is 71.5 Å². The van der Waals surface area contributed by atoms with Gasteiger partial charge in [-0.2, -0.15) is 0 Å². The molecule has 1 atom stereocenters. The van der Waals surface area contributed by atoms with E-state index in [4.69, 9.17) is 9.99 Å². The van der Waals surface area contributed by atoms with E-state index in [9.17, 15) is 0 Å². The third-order valence-electron chi connectivity index (χ3n) is 1.41. The molecule has 0 radical (unpaired) electrons. The van der Waals surface area contributed by atoms with E-state index in [0.29, 0.717) is 6.61 Å². The molecule has 0 aromatic heterocycles. The van der Waals surface area contributed by atoms with Gasteiger partial charge in [0.2, 0.25) is 0 Å². The third kappa shape index (κ3) is 2.90. The molecule has 1 aromatic rings. The Morgan fingerprint density at radius 3 is 2.58 bits per heavy atom. The maximum absolute atomic E-state index is 8.23. The Hall–Kier alpha value is -1.06. The minimum Gasteiger partial charge on any atom is -0.491 e. The molecule has 0 fully saturated rings. The van der Waals surface area contributed by atoms with Crippen molar-refractivity contribution in [3.63, 3.8) is 0 Å². The fourth-order valence-corrected chi connectivity index (χ4v) is 0.761. The molecule has 0 amide bonds. The monoisotopic (exact) mass is 168 g/mol. The van der Waals surface area contributed by atoms with Crippen LogP contribution in [0, 0.1) is 0 Å². The zero-order chi connectivity index (χ0) is 8.81. The van der Waals surface area contributed by atoms with Crippen LogP contribution in [0.3, 0.4) is 0 Å². The summed E-state index contributed by atoms with van der Waals surface area (Å²) >= 11 is 0. The summed E-state index contributed by atoms with van der Waals surface area (Å²) in [7, 11) is 0. The second-order valence-corrected chi connectivity index (χ2v) is 2.54. The highest BCUT2D eigenvalue weighted by Gasteiger charge is 2.00. The van der Waals surface area contributed by atoms with Crippen molar-refractivity contribution in [3.05, 3.63) is 30.3 Å². The molecule has 0 heterocycles. The standard InChI is InChI=1S/C9H12O3/c1-8(12-10)7-11-9-5-3-2-4-6-9/h2-6,8,10H,7H2,1H3. The van der Waals surface area contributed by atoms with Gasteiger partial charge in [-0.05, 0) is 19.1 Å². The second kappa shape index (κ2) is 4.74. The summed E-state index contributed by atoms with van der Waals surface area (Å²) in [6.45, 7) is 2.07. The lowest BCUT2D eigenvalue weighted by atomic mass is 10.3. The molecule has 3 nitrogen and oxygen atoms in total. The molecule has 0 aliphatic rings. The van der Waals surface area contributed by atoms with Crippen LogP contribution < -0.4 is 4.74 Å². The Bertz CT molecular complexity index is 210. The van der Waals surface area contributed by atoms with Crippen LogP contribution in [0.5, 0.6) is 5.75 Å². The first kappa shape index (κ1) is 9.03. The molecule has 1 rings (SSSR count). The molecular weight excluding hydrogens is 156 g/mol. The summed E-state index contributed by atoms with van der Waals surface area (Å²) in [5.41, 5.74) is 0. The lowest BCUT2D eigenvalue weighted by Crippen LogP contribution is -2.16.